The maximum atomic E-state index is 11.9. The van der Waals surface area contributed by atoms with Crippen LogP contribution in [-0.4, -0.2) is 36.7 Å². The molecule has 0 aliphatic carbocycles. The van der Waals surface area contributed by atoms with E-state index in [4.69, 9.17) is 14.2 Å². The van der Waals surface area contributed by atoms with Crippen molar-refractivity contribution in [2.45, 2.75) is 27.4 Å². The summed E-state index contributed by atoms with van der Waals surface area (Å²) in [5.74, 6) is -1.24. The molecule has 0 atom stereocenters. The van der Waals surface area contributed by atoms with Crippen LogP contribution >= 0.6 is 0 Å². The summed E-state index contributed by atoms with van der Waals surface area (Å²) in [7, 11) is 0. The van der Waals surface area contributed by atoms with E-state index in [0.717, 1.165) is 0 Å². The van der Waals surface area contributed by atoms with Gasteiger partial charge in [0.15, 0.2) is 5.69 Å². The van der Waals surface area contributed by atoms with Crippen LogP contribution in [0.3, 0.4) is 0 Å². The maximum absolute atomic E-state index is 11.9. The number of pyridine rings is 1. The molecule has 6 heteroatoms. The SMILES string of the molecule is CCOCc1ccc(C(=O)OCC)c(C(=O)OCC)n1. The van der Waals surface area contributed by atoms with Gasteiger partial charge in [-0.05, 0) is 32.9 Å². The Morgan fingerprint density at radius 2 is 1.65 bits per heavy atom. The van der Waals surface area contributed by atoms with E-state index < -0.39 is 11.9 Å². The number of hydrogen-bond acceptors (Lipinski definition) is 6. The highest BCUT2D eigenvalue weighted by atomic mass is 16.5. The zero-order valence-electron chi connectivity index (χ0n) is 12.0. The molecular formula is C14H19NO5. The lowest BCUT2D eigenvalue weighted by atomic mass is 10.1. The van der Waals surface area contributed by atoms with Gasteiger partial charge in [-0.2, -0.15) is 0 Å². The fourth-order valence-corrected chi connectivity index (χ4v) is 1.52. The Balaban J connectivity index is 3.09. The summed E-state index contributed by atoms with van der Waals surface area (Å²) in [5, 5.41) is 0. The summed E-state index contributed by atoms with van der Waals surface area (Å²) in [5.41, 5.74) is 0.621. The number of carbonyl (C=O) groups is 2. The molecule has 0 aliphatic heterocycles. The summed E-state index contributed by atoms with van der Waals surface area (Å²) in [6.45, 7) is 6.48. The maximum Gasteiger partial charge on any atom is 0.357 e. The Labute approximate surface area is 118 Å². The first-order valence-corrected chi connectivity index (χ1v) is 6.55. The van der Waals surface area contributed by atoms with Gasteiger partial charge < -0.3 is 14.2 Å². The first-order valence-electron chi connectivity index (χ1n) is 6.55. The molecule has 1 aromatic heterocycles. The van der Waals surface area contributed by atoms with Crippen molar-refractivity contribution in [1.29, 1.82) is 0 Å². The van der Waals surface area contributed by atoms with Crippen LogP contribution in [0.5, 0.6) is 0 Å². The summed E-state index contributed by atoms with van der Waals surface area (Å²) < 4.78 is 15.0. The van der Waals surface area contributed by atoms with E-state index in [1.165, 1.54) is 6.07 Å². The number of carbonyl (C=O) groups excluding carboxylic acids is 2. The van der Waals surface area contributed by atoms with Crippen LogP contribution in [0.1, 0.15) is 47.3 Å². The highest BCUT2D eigenvalue weighted by molar-refractivity contribution is 6.01. The molecule has 0 fully saturated rings. The topological polar surface area (TPSA) is 74.7 Å². The van der Waals surface area contributed by atoms with Crippen molar-refractivity contribution in [1.82, 2.24) is 4.98 Å². The van der Waals surface area contributed by atoms with Crippen LogP contribution in [0.25, 0.3) is 0 Å². The lowest BCUT2D eigenvalue weighted by Crippen LogP contribution is -2.17. The highest BCUT2D eigenvalue weighted by Crippen LogP contribution is 2.12. The smallest absolute Gasteiger partial charge is 0.357 e. The summed E-state index contributed by atoms with van der Waals surface area (Å²) in [6, 6.07) is 3.14. The molecule has 20 heavy (non-hydrogen) atoms. The molecule has 0 saturated heterocycles. The van der Waals surface area contributed by atoms with Gasteiger partial charge in [0.05, 0.1) is 31.1 Å². The minimum Gasteiger partial charge on any atom is -0.462 e. The zero-order chi connectivity index (χ0) is 15.0. The van der Waals surface area contributed by atoms with E-state index in [9.17, 15) is 9.59 Å². The quantitative estimate of drug-likeness (QED) is 0.711. The molecule has 1 heterocycles. The van der Waals surface area contributed by atoms with E-state index in [1.807, 2.05) is 6.92 Å². The normalized spacial score (nSPS) is 10.2. The van der Waals surface area contributed by atoms with Crippen molar-refractivity contribution in [3.63, 3.8) is 0 Å². The minimum atomic E-state index is -0.645. The Morgan fingerprint density at radius 3 is 2.25 bits per heavy atom. The second-order valence-electron chi connectivity index (χ2n) is 3.78. The lowest BCUT2D eigenvalue weighted by molar-refractivity contribution is 0.0472. The molecule has 0 aliphatic rings. The number of nitrogens with zero attached hydrogens (tertiary/aromatic N) is 1. The highest BCUT2D eigenvalue weighted by Gasteiger charge is 2.21. The molecule has 1 rings (SSSR count). The average Bonchev–Trinajstić information content (AvgIpc) is 2.45. The van der Waals surface area contributed by atoms with Gasteiger partial charge >= 0.3 is 11.9 Å². The fourth-order valence-electron chi connectivity index (χ4n) is 1.52. The molecule has 0 spiro atoms. The van der Waals surface area contributed by atoms with Crippen molar-refractivity contribution in [2.24, 2.45) is 0 Å². The first kappa shape index (κ1) is 16.1. The molecule has 0 N–H and O–H groups in total. The van der Waals surface area contributed by atoms with Gasteiger partial charge in [0.2, 0.25) is 0 Å². The van der Waals surface area contributed by atoms with Gasteiger partial charge in [-0.15, -0.1) is 0 Å². The Morgan fingerprint density at radius 1 is 1.00 bits per heavy atom. The Hall–Kier alpha value is -1.95. The molecule has 0 saturated carbocycles. The minimum absolute atomic E-state index is 0.0393. The molecule has 0 aromatic carbocycles. The summed E-state index contributed by atoms with van der Waals surface area (Å²) >= 11 is 0. The molecule has 1 aromatic rings. The van der Waals surface area contributed by atoms with Crippen LogP contribution in [0.2, 0.25) is 0 Å². The zero-order valence-corrected chi connectivity index (χ0v) is 12.0. The molecular weight excluding hydrogens is 262 g/mol. The van der Waals surface area contributed by atoms with E-state index in [2.05, 4.69) is 4.98 Å². The molecule has 6 nitrogen and oxygen atoms in total. The third-order valence-electron chi connectivity index (χ3n) is 2.37. The second-order valence-corrected chi connectivity index (χ2v) is 3.78. The number of hydrogen-bond donors (Lipinski definition) is 0. The van der Waals surface area contributed by atoms with Crippen LogP contribution in [0, 0.1) is 0 Å². The number of aromatic nitrogens is 1. The van der Waals surface area contributed by atoms with Gasteiger partial charge in [0.1, 0.15) is 0 Å². The Kier molecular flexibility index (Phi) is 6.66. The Bertz CT molecular complexity index is 473. The van der Waals surface area contributed by atoms with Gasteiger partial charge in [0, 0.05) is 6.61 Å². The number of rotatable bonds is 7. The first-order chi connectivity index (χ1) is 9.63. The van der Waals surface area contributed by atoms with Gasteiger partial charge in [-0.1, -0.05) is 0 Å². The second kappa shape index (κ2) is 8.27. The van der Waals surface area contributed by atoms with Crippen molar-refractivity contribution in [2.75, 3.05) is 19.8 Å². The molecule has 0 unspecified atom stereocenters. The van der Waals surface area contributed by atoms with Crippen LogP contribution in [0.4, 0.5) is 0 Å². The summed E-state index contributed by atoms with van der Waals surface area (Å²) in [6.07, 6.45) is 0. The van der Waals surface area contributed by atoms with Gasteiger partial charge in [-0.25, -0.2) is 14.6 Å². The monoisotopic (exact) mass is 281 g/mol. The van der Waals surface area contributed by atoms with Crippen LogP contribution < -0.4 is 0 Å². The van der Waals surface area contributed by atoms with E-state index in [0.29, 0.717) is 12.3 Å². The third-order valence-corrected chi connectivity index (χ3v) is 2.37. The molecule has 0 amide bonds. The lowest BCUT2D eigenvalue weighted by Gasteiger charge is -2.09. The largest absolute Gasteiger partial charge is 0.462 e. The molecule has 110 valence electrons. The van der Waals surface area contributed by atoms with E-state index in [1.54, 1.807) is 19.9 Å². The average molecular weight is 281 g/mol. The molecule has 0 bridgehead atoms. The number of esters is 2. The van der Waals surface area contributed by atoms with Crippen molar-refractivity contribution in [3.8, 4) is 0 Å². The van der Waals surface area contributed by atoms with Crippen LogP contribution in [0.15, 0.2) is 12.1 Å². The fraction of sp³-hybridized carbons (Fsp3) is 0.500. The standard InChI is InChI=1S/C14H19NO5/c1-4-18-9-10-7-8-11(13(16)19-5-2)12(15-10)14(17)20-6-3/h7-8H,4-6,9H2,1-3H3. The van der Waals surface area contributed by atoms with Gasteiger partial charge in [-0.3, -0.25) is 0 Å². The van der Waals surface area contributed by atoms with Crippen molar-refractivity contribution >= 4 is 11.9 Å². The third kappa shape index (κ3) is 4.31. The predicted molar refractivity (Wildman–Crippen MR) is 71.5 cm³/mol. The predicted octanol–water partition coefficient (Wildman–Crippen LogP) is 1.97. The summed E-state index contributed by atoms with van der Waals surface area (Å²) in [4.78, 5) is 27.8. The molecule has 0 radical (unpaired) electrons. The van der Waals surface area contributed by atoms with Crippen molar-refractivity contribution < 1.29 is 23.8 Å². The van der Waals surface area contributed by atoms with Gasteiger partial charge in [0.25, 0.3) is 0 Å². The van der Waals surface area contributed by atoms with E-state index in [-0.39, 0.29) is 31.1 Å². The van der Waals surface area contributed by atoms with E-state index >= 15 is 0 Å². The van der Waals surface area contributed by atoms with Crippen LogP contribution in [-0.2, 0) is 20.8 Å². The number of ether oxygens (including phenoxy) is 3. The van der Waals surface area contributed by atoms with Crippen molar-refractivity contribution in [3.05, 3.63) is 29.1 Å².